The molecule has 3 nitrogen and oxygen atoms in total. The average molecular weight is 262 g/mol. The van der Waals surface area contributed by atoms with Crippen molar-refractivity contribution in [2.24, 2.45) is 5.92 Å². The molecule has 3 rings (SSSR count). The van der Waals surface area contributed by atoms with Gasteiger partial charge in [0.05, 0.1) is 5.60 Å². The van der Waals surface area contributed by atoms with Crippen LogP contribution in [0.25, 0.3) is 0 Å². The third-order valence-corrected chi connectivity index (χ3v) is 5.05. The molecule has 1 saturated heterocycles. The Hall–Kier alpha value is -0.800. The summed E-state index contributed by atoms with van der Waals surface area (Å²) >= 11 is 0. The first kappa shape index (κ1) is 13.2. The molecule has 1 aromatic heterocycles. The van der Waals surface area contributed by atoms with Gasteiger partial charge in [-0.1, -0.05) is 6.92 Å². The second kappa shape index (κ2) is 5.29. The van der Waals surface area contributed by atoms with Crippen LogP contribution in [0.1, 0.15) is 57.2 Å². The van der Waals surface area contributed by atoms with E-state index in [1.165, 1.54) is 31.4 Å². The molecule has 106 valence electrons. The summed E-state index contributed by atoms with van der Waals surface area (Å²) in [5.74, 6) is 0.790. The number of nitrogens with one attached hydrogen (secondary N) is 1. The first-order chi connectivity index (χ1) is 9.16. The zero-order chi connectivity index (χ0) is 13.3. The average Bonchev–Trinajstić information content (AvgIpc) is 3.03. The Morgan fingerprint density at radius 3 is 2.84 bits per heavy atom. The first-order valence-electron chi connectivity index (χ1n) is 7.76. The maximum absolute atomic E-state index is 10.8. The molecular formula is C16H26N2O. The Labute approximate surface area is 116 Å². The van der Waals surface area contributed by atoms with Crippen LogP contribution >= 0.6 is 0 Å². The maximum Gasteiger partial charge on any atom is 0.0774 e. The molecule has 2 N–H and O–H groups in total. The second-order valence-corrected chi connectivity index (χ2v) is 6.66. The van der Waals surface area contributed by atoms with Crippen LogP contribution < -0.4 is 0 Å². The molecule has 1 aliphatic heterocycles. The number of likely N-dealkylation sites (tertiary alicyclic amines) is 1. The number of β-amino-alcohol motifs (C(OH)–C–C–N with tert-alkyl or cyclic N) is 1. The van der Waals surface area contributed by atoms with Gasteiger partial charge in [-0.2, -0.15) is 0 Å². The van der Waals surface area contributed by atoms with Gasteiger partial charge < -0.3 is 10.1 Å². The summed E-state index contributed by atoms with van der Waals surface area (Å²) in [6.07, 6.45) is 8.77. The van der Waals surface area contributed by atoms with Crippen LogP contribution in [0, 0.1) is 5.92 Å². The van der Waals surface area contributed by atoms with Crippen LogP contribution in [-0.4, -0.2) is 33.7 Å². The summed E-state index contributed by atoms with van der Waals surface area (Å²) in [5.41, 5.74) is 0.868. The van der Waals surface area contributed by atoms with Crippen molar-refractivity contribution in [1.82, 2.24) is 9.88 Å². The molecule has 0 bridgehead atoms. The predicted molar refractivity (Wildman–Crippen MR) is 76.9 cm³/mol. The minimum atomic E-state index is -0.443. The molecule has 0 radical (unpaired) electrons. The van der Waals surface area contributed by atoms with Crippen molar-refractivity contribution >= 4 is 0 Å². The summed E-state index contributed by atoms with van der Waals surface area (Å²) in [7, 11) is 0. The van der Waals surface area contributed by atoms with Gasteiger partial charge in [0, 0.05) is 24.5 Å². The summed E-state index contributed by atoms with van der Waals surface area (Å²) < 4.78 is 0. The van der Waals surface area contributed by atoms with Crippen molar-refractivity contribution in [1.29, 1.82) is 0 Å². The molecular weight excluding hydrogens is 236 g/mol. The van der Waals surface area contributed by atoms with Crippen molar-refractivity contribution < 1.29 is 5.11 Å². The fourth-order valence-electron chi connectivity index (χ4n) is 3.75. The van der Waals surface area contributed by atoms with Crippen molar-refractivity contribution in [2.45, 2.75) is 57.1 Å². The highest BCUT2D eigenvalue weighted by Gasteiger charge is 2.37. The van der Waals surface area contributed by atoms with Gasteiger partial charge >= 0.3 is 0 Å². The Kier molecular flexibility index (Phi) is 3.68. The quantitative estimate of drug-likeness (QED) is 0.878. The number of H-pyrrole nitrogens is 1. The van der Waals surface area contributed by atoms with Crippen LogP contribution in [0.3, 0.4) is 0 Å². The van der Waals surface area contributed by atoms with Gasteiger partial charge in [0.1, 0.15) is 0 Å². The number of nitrogens with zero attached hydrogens (tertiary/aromatic N) is 1. The highest BCUT2D eigenvalue weighted by atomic mass is 16.3. The van der Waals surface area contributed by atoms with Gasteiger partial charge in [0.25, 0.3) is 0 Å². The van der Waals surface area contributed by atoms with Crippen LogP contribution in [0.2, 0.25) is 0 Å². The smallest absolute Gasteiger partial charge is 0.0774 e. The van der Waals surface area contributed by atoms with Crippen molar-refractivity contribution in [3.05, 3.63) is 24.0 Å². The normalized spacial score (nSPS) is 36.7. The first-order valence-corrected chi connectivity index (χ1v) is 7.76. The van der Waals surface area contributed by atoms with Crippen molar-refractivity contribution in [3.63, 3.8) is 0 Å². The van der Waals surface area contributed by atoms with Gasteiger partial charge in [-0.05, 0) is 63.1 Å². The Balaban J connectivity index is 1.65. The van der Waals surface area contributed by atoms with E-state index < -0.39 is 5.60 Å². The number of hydrogen-bond donors (Lipinski definition) is 2. The monoisotopic (exact) mass is 262 g/mol. The molecule has 1 aliphatic carbocycles. The van der Waals surface area contributed by atoms with E-state index >= 15 is 0 Å². The molecule has 3 heteroatoms. The van der Waals surface area contributed by atoms with Gasteiger partial charge in [0.15, 0.2) is 0 Å². The lowest BCUT2D eigenvalue weighted by Crippen LogP contribution is -2.45. The van der Waals surface area contributed by atoms with Gasteiger partial charge in [-0.25, -0.2) is 0 Å². The number of aliphatic hydroxyl groups is 1. The maximum atomic E-state index is 10.8. The zero-order valence-electron chi connectivity index (χ0n) is 11.9. The minimum Gasteiger partial charge on any atom is -0.389 e. The Morgan fingerprint density at radius 1 is 1.37 bits per heavy atom. The molecule has 1 aromatic rings. The summed E-state index contributed by atoms with van der Waals surface area (Å²) in [6.45, 7) is 4.28. The molecule has 1 unspecified atom stereocenters. The van der Waals surface area contributed by atoms with Crippen molar-refractivity contribution in [2.75, 3.05) is 13.1 Å². The lowest BCUT2D eigenvalue weighted by molar-refractivity contribution is -0.0381. The number of hydrogen-bond acceptors (Lipinski definition) is 2. The van der Waals surface area contributed by atoms with Gasteiger partial charge in [-0.3, -0.25) is 4.90 Å². The summed E-state index contributed by atoms with van der Waals surface area (Å²) in [5, 5.41) is 10.8. The van der Waals surface area contributed by atoms with Crippen LogP contribution in [0.5, 0.6) is 0 Å². The largest absolute Gasteiger partial charge is 0.389 e. The van der Waals surface area contributed by atoms with Crippen LogP contribution in [-0.2, 0) is 0 Å². The van der Waals surface area contributed by atoms with Gasteiger partial charge in [-0.15, -0.1) is 0 Å². The highest BCUT2D eigenvalue weighted by molar-refractivity contribution is 5.11. The molecule has 2 heterocycles. The molecule has 2 aliphatic rings. The molecule has 0 spiro atoms. The van der Waals surface area contributed by atoms with E-state index in [1.54, 1.807) is 0 Å². The lowest BCUT2D eigenvalue weighted by atomic mass is 9.79. The Morgan fingerprint density at radius 2 is 2.16 bits per heavy atom. The van der Waals surface area contributed by atoms with E-state index in [2.05, 4.69) is 28.9 Å². The standard InChI is InChI=1S/C16H26N2O/c1-13-6-8-16(19,9-7-13)12-18-11-3-5-15(18)14-4-2-10-17-14/h2,4,10,13,15,17,19H,3,5-9,11-12H2,1H3. The number of aromatic nitrogens is 1. The number of rotatable bonds is 3. The predicted octanol–water partition coefficient (Wildman–Crippen LogP) is 3.09. The SMILES string of the molecule is CC1CCC(O)(CN2CCCC2c2ccc[nH]2)CC1. The minimum absolute atomic E-state index is 0.443. The van der Waals surface area contributed by atoms with E-state index in [0.29, 0.717) is 6.04 Å². The van der Waals surface area contributed by atoms with E-state index in [9.17, 15) is 5.11 Å². The van der Waals surface area contributed by atoms with Crippen molar-refractivity contribution in [3.8, 4) is 0 Å². The molecule has 19 heavy (non-hydrogen) atoms. The molecule has 1 saturated carbocycles. The zero-order valence-corrected chi connectivity index (χ0v) is 11.9. The van der Waals surface area contributed by atoms with E-state index in [-0.39, 0.29) is 0 Å². The van der Waals surface area contributed by atoms with Crippen LogP contribution in [0.4, 0.5) is 0 Å². The fraction of sp³-hybridized carbons (Fsp3) is 0.750. The second-order valence-electron chi connectivity index (χ2n) is 6.66. The molecule has 0 aromatic carbocycles. The van der Waals surface area contributed by atoms with Crippen LogP contribution in [0.15, 0.2) is 18.3 Å². The lowest BCUT2D eigenvalue weighted by Gasteiger charge is -2.39. The topological polar surface area (TPSA) is 39.3 Å². The number of aromatic amines is 1. The Bertz CT molecular complexity index is 393. The van der Waals surface area contributed by atoms with E-state index in [4.69, 9.17) is 0 Å². The molecule has 0 amide bonds. The summed E-state index contributed by atoms with van der Waals surface area (Å²) in [6, 6.07) is 4.73. The van der Waals surface area contributed by atoms with E-state index in [1.807, 2.05) is 6.20 Å². The van der Waals surface area contributed by atoms with E-state index in [0.717, 1.165) is 31.8 Å². The fourth-order valence-corrected chi connectivity index (χ4v) is 3.75. The molecule has 1 atom stereocenters. The third-order valence-electron chi connectivity index (χ3n) is 5.05. The highest BCUT2D eigenvalue weighted by Crippen LogP contribution is 2.37. The third kappa shape index (κ3) is 2.87. The van der Waals surface area contributed by atoms with Gasteiger partial charge in [0.2, 0.25) is 0 Å². The summed E-state index contributed by atoms with van der Waals surface area (Å²) in [4.78, 5) is 5.83. The molecule has 2 fully saturated rings.